The molecule has 1 N–H and O–H groups in total. The highest BCUT2D eigenvalue weighted by atomic mass is 35.5. The summed E-state index contributed by atoms with van der Waals surface area (Å²) in [4.78, 5) is 12.9. The molecule has 0 atom stereocenters. The van der Waals surface area contributed by atoms with Crippen molar-refractivity contribution in [1.82, 2.24) is 10.2 Å². The summed E-state index contributed by atoms with van der Waals surface area (Å²) in [5, 5.41) is 2.92. The summed E-state index contributed by atoms with van der Waals surface area (Å²) in [6.45, 7) is -1.39. The predicted molar refractivity (Wildman–Crippen MR) is 71.9 cm³/mol. The van der Waals surface area contributed by atoms with Gasteiger partial charge >= 0.3 is 6.18 Å². The second-order valence-electron chi connectivity index (χ2n) is 4.20. The van der Waals surface area contributed by atoms with E-state index < -0.39 is 18.6 Å². The smallest absolute Gasteiger partial charge is 0.340 e. The highest BCUT2D eigenvalue weighted by Crippen LogP contribution is 2.22. The maximum absolute atomic E-state index is 11.9. The molecule has 3 nitrogen and oxygen atoms in total. The minimum atomic E-state index is -4.33. The van der Waals surface area contributed by atoms with Gasteiger partial charge < -0.3 is 10.2 Å². The predicted octanol–water partition coefficient (Wildman–Crippen LogP) is 3.10. The molecule has 1 amide bonds. The minimum Gasteiger partial charge on any atom is -0.340 e. The van der Waals surface area contributed by atoms with Crippen LogP contribution in [0.2, 0.25) is 10.0 Å². The first-order valence-corrected chi connectivity index (χ1v) is 6.40. The molecule has 20 heavy (non-hydrogen) atoms. The van der Waals surface area contributed by atoms with Crippen LogP contribution in [0.4, 0.5) is 13.2 Å². The largest absolute Gasteiger partial charge is 0.401 e. The van der Waals surface area contributed by atoms with Crippen LogP contribution >= 0.6 is 23.2 Å². The summed E-state index contributed by atoms with van der Waals surface area (Å²) in [5.74, 6) is -0.458. The molecule has 8 heteroatoms. The highest BCUT2D eigenvalue weighted by molar-refractivity contribution is 6.35. The van der Waals surface area contributed by atoms with Gasteiger partial charge in [0.1, 0.15) is 0 Å². The maximum atomic E-state index is 11.9. The Morgan fingerprint density at radius 2 is 2.00 bits per heavy atom. The third-order valence-electron chi connectivity index (χ3n) is 2.45. The SMILES string of the molecule is CN(Cc1ccc(Cl)cc1Cl)C(=O)CNCC(F)(F)F. The van der Waals surface area contributed by atoms with Gasteiger partial charge in [-0.25, -0.2) is 0 Å². The fourth-order valence-corrected chi connectivity index (χ4v) is 1.91. The van der Waals surface area contributed by atoms with Crippen LogP contribution in [0.3, 0.4) is 0 Å². The van der Waals surface area contributed by atoms with E-state index in [1.165, 1.54) is 11.9 Å². The number of hydrogen-bond acceptors (Lipinski definition) is 2. The van der Waals surface area contributed by atoms with Gasteiger partial charge in [0.2, 0.25) is 5.91 Å². The molecule has 0 heterocycles. The zero-order valence-corrected chi connectivity index (χ0v) is 12.1. The Kier molecular flexibility index (Phi) is 6.10. The average Bonchev–Trinajstić information content (AvgIpc) is 2.30. The Morgan fingerprint density at radius 1 is 1.35 bits per heavy atom. The van der Waals surface area contributed by atoms with Crippen LogP contribution in [0.25, 0.3) is 0 Å². The van der Waals surface area contributed by atoms with E-state index in [2.05, 4.69) is 0 Å². The average molecular weight is 329 g/mol. The number of halogens is 5. The number of likely N-dealkylation sites (N-methyl/N-ethyl adjacent to an activating group) is 1. The van der Waals surface area contributed by atoms with E-state index in [4.69, 9.17) is 23.2 Å². The van der Waals surface area contributed by atoms with Crippen molar-refractivity contribution in [3.63, 3.8) is 0 Å². The Labute approximate surface area is 124 Å². The quantitative estimate of drug-likeness (QED) is 0.900. The number of rotatable bonds is 5. The van der Waals surface area contributed by atoms with E-state index in [1.807, 2.05) is 5.32 Å². The zero-order valence-electron chi connectivity index (χ0n) is 10.6. The summed E-state index contributed by atoms with van der Waals surface area (Å²) >= 11 is 11.7. The Bertz CT molecular complexity index is 480. The van der Waals surface area contributed by atoms with Gasteiger partial charge in [0.05, 0.1) is 13.1 Å². The normalized spacial score (nSPS) is 11.5. The summed E-state index contributed by atoms with van der Waals surface area (Å²) in [6, 6.07) is 4.83. The lowest BCUT2D eigenvalue weighted by atomic mass is 10.2. The first-order chi connectivity index (χ1) is 9.19. The van der Waals surface area contributed by atoms with E-state index in [9.17, 15) is 18.0 Å². The molecule has 0 aliphatic carbocycles. The van der Waals surface area contributed by atoms with Crippen molar-refractivity contribution in [2.45, 2.75) is 12.7 Å². The van der Waals surface area contributed by atoms with Crippen LogP contribution < -0.4 is 5.32 Å². The molecule has 1 rings (SSSR count). The van der Waals surface area contributed by atoms with Crippen molar-refractivity contribution in [3.8, 4) is 0 Å². The standard InChI is InChI=1S/C12H13Cl2F3N2O/c1-19(11(20)5-18-7-12(15,16)17)6-8-2-3-9(13)4-10(8)14/h2-4,18H,5-7H2,1H3. The summed E-state index contributed by atoms with van der Waals surface area (Å²) in [5.41, 5.74) is 0.669. The molecular weight excluding hydrogens is 316 g/mol. The first kappa shape index (κ1) is 17.1. The van der Waals surface area contributed by atoms with Gasteiger partial charge in [-0.15, -0.1) is 0 Å². The van der Waals surface area contributed by atoms with Crippen LogP contribution in [-0.4, -0.2) is 37.1 Å². The highest BCUT2D eigenvalue weighted by Gasteiger charge is 2.26. The topological polar surface area (TPSA) is 32.3 Å². The van der Waals surface area contributed by atoms with Crippen molar-refractivity contribution in [1.29, 1.82) is 0 Å². The number of amides is 1. The first-order valence-electron chi connectivity index (χ1n) is 5.64. The van der Waals surface area contributed by atoms with Crippen LogP contribution in [-0.2, 0) is 11.3 Å². The lowest BCUT2D eigenvalue weighted by Crippen LogP contribution is -2.39. The number of carbonyl (C=O) groups excluding carboxylic acids is 1. The van der Waals surface area contributed by atoms with Gasteiger partial charge in [0.15, 0.2) is 0 Å². The van der Waals surface area contributed by atoms with E-state index in [0.29, 0.717) is 15.6 Å². The lowest BCUT2D eigenvalue weighted by Gasteiger charge is -2.18. The van der Waals surface area contributed by atoms with E-state index in [1.54, 1.807) is 18.2 Å². The lowest BCUT2D eigenvalue weighted by molar-refractivity contribution is -0.133. The van der Waals surface area contributed by atoms with Gasteiger partial charge in [0.25, 0.3) is 0 Å². The van der Waals surface area contributed by atoms with E-state index in [0.717, 1.165) is 0 Å². The number of alkyl halides is 3. The van der Waals surface area contributed by atoms with Crippen molar-refractivity contribution in [3.05, 3.63) is 33.8 Å². The third kappa shape index (κ3) is 5.98. The number of benzene rings is 1. The number of nitrogens with one attached hydrogen (secondary N) is 1. The summed E-state index contributed by atoms with van der Waals surface area (Å²) in [7, 11) is 1.49. The molecule has 1 aromatic carbocycles. The monoisotopic (exact) mass is 328 g/mol. The summed E-state index contributed by atoms with van der Waals surface area (Å²) < 4.78 is 35.8. The molecule has 0 spiro atoms. The summed E-state index contributed by atoms with van der Waals surface area (Å²) in [6.07, 6.45) is -4.33. The van der Waals surface area contributed by atoms with Crippen LogP contribution in [0.15, 0.2) is 18.2 Å². The third-order valence-corrected chi connectivity index (χ3v) is 3.04. The molecule has 0 bridgehead atoms. The molecule has 0 aromatic heterocycles. The second kappa shape index (κ2) is 7.15. The van der Waals surface area contributed by atoms with Gasteiger partial charge in [-0.3, -0.25) is 4.79 Å². The number of carbonyl (C=O) groups is 1. The van der Waals surface area contributed by atoms with Crippen molar-refractivity contribution >= 4 is 29.1 Å². The Hall–Kier alpha value is -0.980. The molecule has 0 aliphatic rings. The number of nitrogens with zero attached hydrogens (tertiary/aromatic N) is 1. The van der Waals surface area contributed by atoms with Gasteiger partial charge in [0, 0.05) is 23.6 Å². The fourth-order valence-electron chi connectivity index (χ4n) is 1.44. The Morgan fingerprint density at radius 3 is 2.55 bits per heavy atom. The van der Waals surface area contributed by atoms with E-state index in [-0.39, 0.29) is 13.1 Å². The molecule has 0 saturated heterocycles. The maximum Gasteiger partial charge on any atom is 0.401 e. The molecule has 0 saturated carbocycles. The second-order valence-corrected chi connectivity index (χ2v) is 5.05. The van der Waals surface area contributed by atoms with Gasteiger partial charge in [-0.1, -0.05) is 29.3 Å². The zero-order chi connectivity index (χ0) is 15.3. The molecule has 1 aromatic rings. The van der Waals surface area contributed by atoms with Gasteiger partial charge in [-0.05, 0) is 17.7 Å². The molecule has 0 fully saturated rings. The molecule has 0 aliphatic heterocycles. The van der Waals surface area contributed by atoms with Crippen LogP contribution in [0, 0.1) is 0 Å². The molecular formula is C12H13Cl2F3N2O. The van der Waals surface area contributed by atoms with Crippen LogP contribution in [0.1, 0.15) is 5.56 Å². The van der Waals surface area contributed by atoms with Crippen molar-refractivity contribution < 1.29 is 18.0 Å². The number of hydrogen-bond donors (Lipinski definition) is 1. The van der Waals surface area contributed by atoms with Crippen molar-refractivity contribution in [2.75, 3.05) is 20.1 Å². The fraction of sp³-hybridized carbons (Fsp3) is 0.417. The molecule has 0 radical (unpaired) electrons. The van der Waals surface area contributed by atoms with E-state index >= 15 is 0 Å². The van der Waals surface area contributed by atoms with Gasteiger partial charge in [-0.2, -0.15) is 13.2 Å². The van der Waals surface area contributed by atoms with Crippen LogP contribution in [0.5, 0.6) is 0 Å². The minimum absolute atomic E-state index is 0.197. The van der Waals surface area contributed by atoms with Crippen molar-refractivity contribution in [2.24, 2.45) is 0 Å². The molecule has 0 unspecified atom stereocenters. The molecule has 112 valence electrons. The Balaban J connectivity index is 2.49.